The molecule has 2 aliphatic rings. The van der Waals surface area contributed by atoms with E-state index in [-0.39, 0.29) is 51.6 Å². The Morgan fingerprint density at radius 2 is 1.90 bits per heavy atom. The Balaban J connectivity index is 0.00000833. The number of anilines is 1. The van der Waals surface area contributed by atoms with Crippen LogP contribution >= 0.6 is 0 Å². The van der Waals surface area contributed by atoms with Gasteiger partial charge in [-0.15, -0.1) is 11.6 Å². The Morgan fingerprint density at radius 1 is 1.24 bits per heavy atom. The number of hydrogen-bond donors (Lipinski definition) is 4. The minimum absolute atomic E-state index is 0. The van der Waals surface area contributed by atoms with Crippen molar-refractivity contribution in [1.29, 1.82) is 0 Å². The number of aliphatic hydroxyl groups excluding tert-OH is 1. The van der Waals surface area contributed by atoms with E-state index in [4.69, 9.17) is 14.2 Å². The van der Waals surface area contributed by atoms with Crippen LogP contribution in [0.25, 0.3) is 0 Å². The molecule has 3 amide bonds. The summed E-state index contributed by atoms with van der Waals surface area (Å²) in [6.45, 7) is 9.19. The second-order valence-corrected chi connectivity index (χ2v) is 13.2. The third kappa shape index (κ3) is 10.2. The van der Waals surface area contributed by atoms with Crippen molar-refractivity contribution in [2.45, 2.75) is 103 Å². The first-order chi connectivity index (χ1) is 22.3. The van der Waals surface area contributed by atoms with E-state index in [1.165, 1.54) is 51.8 Å². The van der Waals surface area contributed by atoms with Crippen molar-refractivity contribution in [3.63, 3.8) is 0 Å². The Hall–Kier alpha value is -2.68. The molecule has 4 unspecified atom stereocenters. The van der Waals surface area contributed by atoms with Crippen molar-refractivity contribution >= 4 is 29.6 Å². The fourth-order valence-corrected chi connectivity index (χ4v) is 6.02. The van der Waals surface area contributed by atoms with Gasteiger partial charge in [0.1, 0.15) is 30.0 Å². The maximum Gasteiger partial charge on any atom is 0.409 e. The zero-order chi connectivity index (χ0) is 36.1. The molecule has 14 heteroatoms. The van der Waals surface area contributed by atoms with E-state index in [2.05, 4.69) is 11.4 Å². The van der Waals surface area contributed by atoms with E-state index in [1.807, 2.05) is 13.0 Å². The molecular formula is C35H50N3O10Y-. The summed E-state index contributed by atoms with van der Waals surface area (Å²) in [5.74, 6) is -3.14. The van der Waals surface area contributed by atoms with Crippen molar-refractivity contribution in [1.82, 2.24) is 10.2 Å². The van der Waals surface area contributed by atoms with Crippen LogP contribution < -0.4 is 10.2 Å². The van der Waals surface area contributed by atoms with Gasteiger partial charge in [0.05, 0.1) is 6.42 Å². The number of benzene rings is 1. The topological polar surface area (TPSA) is 175 Å². The number of ether oxygens (including phenoxy) is 3. The summed E-state index contributed by atoms with van der Waals surface area (Å²) in [7, 11) is 4.37. The summed E-state index contributed by atoms with van der Waals surface area (Å²) >= 11 is 0. The fraction of sp³-hybridized carbons (Fsp3) is 0.600. The van der Waals surface area contributed by atoms with Crippen molar-refractivity contribution in [2.24, 2.45) is 11.8 Å². The first-order valence-electron chi connectivity index (χ1n) is 16.0. The molecule has 0 saturated carbocycles. The molecular weight excluding hydrogens is 711 g/mol. The number of carbonyl (C=O) groups is 4. The third-order valence-corrected chi connectivity index (χ3v) is 9.83. The van der Waals surface area contributed by atoms with E-state index < -0.39 is 71.9 Å². The second-order valence-electron chi connectivity index (χ2n) is 13.2. The quantitative estimate of drug-likeness (QED) is 0.258. The Morgan fingerprint density at radius 3 is 2.49 bits per heavy atom. The van der Waals surface area contributed by atoms with E-state index in [0.29, 0.717) is 17.7 Å². The number of nitrogens with zero attached hydrogens (tertiary/aromatic N) is 2. The molecule has 13 nitrogen and oxygen atoms in total. The molecule has 49 heavy (non-hydrogen) atoms. The number of carbonyl (C=O) groups excluding carboxylic acids is 4. The molecule has 269 valence electrons. The minimum Gasteiger partial charge on any atom is -0.457 e. The molecule has 0 aromatic heterocycles. The van der Waals surface area contributed by atoms with Gasteiger partial charge in [-0.2, -0.15) is 17.7 Å². The van der Waals surface area contributed by atoms with Gasteiger partial charge in [0.2, 0.25) is 11.8 Å². The molecule has 8 atom stereocenters. The molecule has 1 fully saturated rings. The normalized spacial score (nSPS) is 32.0. The van der Waals surface area contributed by atoms with E-state index in [9.17, 15) is 34.5 Å². The van der Waals surface area contributed by atoms with Crippen molar-refractivity contribution in [3.8, 4) is 0 Å². The summed E-state index contributed by atoms with van der Waals surface area (Å²) in [5.41, 5.74) is -1.24. The van der Waals surface area contributed by atoms with Gasteiger partial charge < -0.3 is 39.3 Å². The number of fused-ring (bicyclic) bond motifs is 4. The predicted octanol–water partition coefficient (Wildman–Crippen LogP) is 2.39. The van der Waals surface area contributed by atoms with Crippen LogP contribution in [0.15, 0.2) is 35.9 Å². The van der Waals surface area contributed by atoms with Gasteiger partial charge in [-0.25, -0.2) is 9.59 Å². The van der Waals surface area contributed by atoms with Crippen LogP contribution in [0.4, 0.5) is 10.5 Å². The number of rotatable bonds is 5. The van der Waals surface area contributed by atoms with Crippen LogP contribution in [0.2, 0.25) is 0 Å². The number of methoxy groups -OCH3 is 1. The molecule has 0 aliphatic carbocycles. The molecule has 2 heterocycles. The monoisotopic (exact) mass is 761 g/mol. The largest absolute Gasteiger partial charge is 0.457 e. The molecule has 1 saturated heterocycles. The van der Waals surface area contributed by atoms with Crippen molar-refractivity contribution in [3.05, 3.63) is 53.1 Å². The van der Waals surface area contributed by atoms with Gasteiger partial charge in [-0.05, 0) is 39.0 Å². The fourth-order valence-electron chi connectivity index (χ4n) is 6.02. The molecule has 2 aliphatic heterocycles. The molecule has 4 bridgehead atoms. The number of allylic oxidation sites excluding steroid dienone is 3. The maximum atomic E-state index is 13.9. The van der Waals surface area contributed by atoms with Gasteiger partial charge in [0.25, 0.3) is 0 Å². The van der Waals surface area contributed by atoms with Gasteiger partial charge in [0, 0.05) is 73.9 Å². The first kappa shape index (κ1) is 42.5. The molecule has 1 aromatic rings. The van der Waals surface area contributed by atoms with Gasteiger partial charge >= 0.3 is 12.1 Å². The zero-order valence-corrected chi connectivity index (χ0v) is 32.7. The number of amides is 3. The summed E-state index contributed by atoms with van der Waals surface area (Å²) in [5, 5.41) is 36.2. The predicted molar refractivity (Wildman–Crippen MR) is 176 cm³/mol. The summed E-state index contributed by atoms with van der Waals surface area (Å²) in [4.78, 5) is 54.5. The first-order valence-corrected chi connectivity index (χ1v) is 16.0. The molecule has 4 N–H and O–H groups in total. The summed E-state index contributed by atoms with van der Waals surface area (Å²) < 4.78 is 17.0. The number of nitrogens with one attached hydrogen (secondary N) is 1. The average molecular weight is 762 g/mol. The van der Waals surface area contributed by atoms with E-state index in [1.54, 1.807) is 38.1 Å². The van der Waals surface area contributed by atoms with E-state index >= 15 is 0 Å². The second kappa shape index (κ2) is 17.5. The molecule has 1 radical (unpaired) electrons. The number of alkyl carbamates (subject to hydrolysis) is 1. The SMILES string of the molecule is CO[C@@H]1/C=C/C=C(\C)Cc2cc(CO)[c-]c(c2)N(C)C(=O)C[C@H](OC(=O)C(C)N(C)C(C)=O)C(C)(O)C(C)[C@H](C)C2C[C@@]1(O)NC(=O)O2.[Y]. The number of aliphatic hydroxyl groups is 3. The van der Waals surface area contributed by atoms with Crippen molar-refractivity contribution in [2.75, 3.05) is 26.1 Å². The number of esters is 1. The van der Waals surface area contributed by atoms with Gasteiger partial charge in [-0.3, -0.25) is 14.9 Å². The van der Waals surface area contributed by atoms with Crippen LogP contribution in [0, 0.1) is 17.9 Å². The van der Waals surface area contributed by atoms with Gasteiger partial charge in [0.15, 0.2) is 5.72 Å². The zero-order valence-electron chi connectivity index (χ0n) is 29.9. The molecule has 3 rings (SSSR count). The van der Waals surface area contributed by atoms with Crippen molar-refractivity contribution < 1.29 is 81.4 Å². The average Bonchev–Trinajstić information content (AvgIpc) is 3.03. The third-order valence-electron chi connectivity index (χ3n) is 9.83. The molecule has 0 spiro atoms. The molecule has 1 aromatic carbocycles. The summed E-state index contributed by atoms with van der Waals surface area (Å²) in [6.07, 6.45) is 0.861. The Bertz CT molecular complexity index is 1430. The van der Waals surface area contributed by atoms with Crippen LogP contribution in [0.3, 0.4) is 0 Å². The van der Waals surface area contributed by atoms with Crippen LogP contribution in [0.5, 0.6) is 0 Å². The number of likely N-dealkylation sites (N-methyl/N-ethyl adjacent to an activating group) is 1. The van der Waals surface area contributed by atoms with Gasteiger partial charge in [-0.1, -0.05) is 43.3 Å². The minimum atomic E-state index is -1.89. The Kier molecular flexibility index (Phi) is 15.2. The van der Waals surface area contributed by atoms with Crippen LogP contribution in [-0.4, -0.2) is 101 Å². The van der Waals surface area contributed by atoms with Crippen LogP contribution in [0.1, 0.15) is 65.5 Å². The van der Waals surface area contributed by atoms with Crippen LogP contribution in [-0.2, 0) is 74.3 Å². The Labute approximate surface area is 313 Å². The summed E-state index contributed by atoms with van der Waals surface area (Å²) in [6, 6.07) is 5.56. The maximum absolute atomic E-state index is 13.9. The standard InChI is InChI=1S/C35H50N3O10.Y/c1-20-11-10-12-29(46-9)35(45)18-28(47-33(43)36-35)21(2)22(3)34(6,44)30(48-32(42)23(4)37(7)24(5)40)17-31(41)38(8)27-15-25(13-20)14-26(16-27)19-39;/h10-12,14-15,21-23,28-30,39,44-45H,13,17-19H2,1-9H3,(H,36,43);/q-1;/b12-10+,20-11+;/t21-,22?,23?,28?,29+,30-,34?,35-;/m0./s1. The van der Waals surface area contributed by atoms with E-state index in [0.717, 1.165) is 11.1 Å². The number of hydrogen-bond acceptors (Lipinski definition) is 10. The smallest absolute Gasteiger partial charge is 0.409 e.